The molecule has 2 aromatic rings. The standard InChI is InChI=1S/C35H48N4O6/c1-33(2,3)45-32(43)37-34(4,5)30(41)36-28(24-44-23-25-14-9-7-10-15-25)29(40)39-20-13-18-35(19-21-39)27(22-38(6)31(35)42)26-16-11-8-12-17-26/h7-12,14-17,27-28H,13,18-24H2,1-6H3,(H,36,41)(H,37,43)/t27?,28-,35?/m1/s1. The molecular weight excluding hydrogens is 572 g/mol. The molecule has 2 unspecified atom stereocenters. The monoisotopic (exact) mass is 620 g/mol. The zero-order valence-corrected chi connectivity index (χ0v) is 27.4. The lowest BCUT2D eigenvalue weighted by molar-refractivity contribution is -0.140. The van der Waals surface area contributed by atoms with E-state index in [1.807, 2.05) is 60.5 Å². The van der Waals surface area contributed by atoms with Gasteiger partial charge in [-0.2, -0.15) is 0 Å². The smallest absolute Gasteiger partial charge is 0.408 e. The van der Waals surface area contributed by atoms with Crippen molar-refractivity contribution in [1.82, 2.24) is 20.4 Å². The van der Waals surface area contributed by atoms with E-state index < -0.39 is 34.6 Å². The Bertz CT molecular complexity index is 1340. The predicted octanol–water partition coefficient (Wildman–Crippen LogP) is 4.25. The molecule has 2 heterocycles. The van der Waals surface area contributed by atoms with Crippen LogP contribution in [-0.2, 0) is 30.5 Å². The van der Waals surface area contributed by atoms with Gasteiger partial charge in [-0.3, -0.25) is 14.4 Å². The molecule has 0 bridgehead atoms. The van der Waals surface area contributed by atoms with Crippen LogP contribution in [0.4, 0.5) is 4.79 Å². The van der Waals surface area contributed by atoms with Crippen molar-refractivity contribution in [2.75, 3.05) is 33.3 Å². The fraction of sp³-hybridized carbons (Fsp3) is 0.543. The van der Waals surface area contributed by atoms with Gasteiger partial charge in [0.25, 0.3) is 0 Å². The molecule has 2 N–H and O–H groups in total. The molecule has 2 aliphatic rings. The minimum atomic E-state index is -1.37. The molecule has 2 aromatic carbocycles. The molecule has 45 heavy (non-hydrogen) atoms. The summed E-state index contributed by atoms with van der Waals surface area (Å²) >= 11 is 0. The summed E-state index contributed by atoms with van der Waals surface area (Å²) in [5.74, 6) is -0.665. The second-order valence-electron chi connectivity index (χ2n) is 13.8. The third kappa shape index (κ3) is 8.42. The first-order valence-electron chi connectivity index (χ1n) is 15.7. The average molecular weight is 621 g/mol. The molecule has 0 aromatic heterocycles. The van der Waals surface area contributed by atoms with Gasteiger partial charge >= 0.3 is 6.09 Å². The molecule has 0 radical (unpaired) electrons. The highest BCUT2D eigenvalue weighted by molar-refractivity contribution is 5.94. The van der Waals surface area contributed by atoms with Gasteiger partial charge in [-0.05, 0) is 65.0 Å². The quantitative estimate of drug-likeness (QED) is 0.433. The highest BCUT2D eigenvalue weighted by atomic mass is 16.6. The largest absolute Gasteiger partial charge is 0.444 e. The van der Waals surface area contributed by atoms with E-state index in [9.17, 15) is 19.2 Å². The minimum absolute atomic E-state index is 0.0377. The van der Waals surface area contributed by atoms with E-state index in [1.54, 1.807) is 39.5 Å². The van der Waals surface area contributed by atoms with Gasteiger partial charge in [0.15, 0.2) is 0 Å². The Hall–Kier alpha value is -3.92. The molecule has 2 aliphatic heterocycles. The molecule has 2 saturated heterocycles. The third-order valence-corrected chi connectivity index (χ3v) is 8.67. The van der Waals surface area contributed by atoms with E-state index in [2.05, 4.69) is 22.8 Å². The van der Waals surface area contributed by atoms with Crippen LogP contribution in [0, 0.1) is 5.41 Å². The summed E-state index contributed by atoms with van der Waals surface area (Å²) in [5, 5.41) is 5.45. The minimum Gasteiger partial charge on any atom is -0.444 e. The summed E-state index contributed by atoms with van der Waals surface area (Å²) in [5.41, 5.74) is -0.622. The maximum absolute atomic E-state index is 14.1. The number of alkyl carbamates (subject to hydrolysis) is 1. The normalized spacial score (nSPS) is 21.3. The van der Waals surface area contributed by atoms with E-state index in [0.29, 0.717) is 38.9 Å². The van der Waals surface area contributed by atoms with Crippen molar-refractivity contribution in [3.05, 3.63) is 71.8 Å². The zero-order chi connectivity index (χ0) is 32.8. The van der Waals surface area contributed by atoms with Gasteiger partial charge in [0.2, 0.25) is 17.7 Å². The molecule has 10 nitrogen and oxygen atoms in total. The van der Waals surface area contributed by atoms with Crippen molar-refractivity contribution < 1.29 is 28.7 Å². The summed E-state index contributed by atoms with van der Waals surface area (Å²) < 4.78 is 11.3. The Labute approximate surface area is 266 Å². The number of nitrogens with one attached hydrogen (secondary N) is 2. The van der Waals surface area contributed by atoms with Gasteiger partial charge in [0, 0.05) is 32.6 Å². The molecule has 10 heteroatoms. The molecule has 3 atom stereocenters. The predicted molar refractivity (Wildman–Crippen MR) is 171 cm³/mol. The Morgan fingerprint density at radius 2 is 1.60 bits per heavy atom. The van der Waals surface area contributed by atoms with E-state index in [0.717, 1.165) is 11.1 Å². The van der Waals surface area contributed by atoms with Crippen LogP contribution in [0.1, 0.15) is 70.9 Å². The number of nitrogens with zero attached hydrogens (tertiary/aromatic N) is 2. The molecule has 2 fully saturated rings. The Morgan fingerprint density at radius 1 is 0.956 bits per heavy atom. The van der Waals surface area contributed by atoms with Crippen LogP contribution in [0.5, 0.6) is 0 Å². The first-order chi connectivity index (χ1) is 21.2. The number of hydrogen-bond donors (Lipinski definition) is 2. The lowest BCUT2D eigenvalue weighted by Crippen LogP contribution is -2.60. The van der Waals surface area contributed by atoms with E-state index in [-0.39, 0.29) is 30.9 Å². The topological polar surface area (TPSA) is 117 Å². The van der Waals surface area contributed by atoms with Gasteiger partial charge in [0.1, 0.15) is 17.2 Å². The van der Waals surface area contributed by atoms with Gasteiger partial charge in [-0.1, -0.05) is 60.7 Å². The maximum atomic E-state index is 14.1. The second kappa shape index (κ2) is 14.0. The first-order valence-corrected chi connectivity index (χ1v) is 15.7. The van der Waals surface area contributed by atoms with E-state index >= 15 is 0 Å². The summed E-state index contributed by atoms with van der Waals surface area (Å²) in [7, 11) is 1.85. The molecule has 4 amide bonds. The van der Waals surface area contributed by atoms with Crippen LogP contribution < -0.4 is 10.6 Å². The Kier molecular flexibility index (Phi) is 10.6. The number of likely N-dealkylation sites (N-methyl/N-ethyl adjacent to an activating group) is 1. The van der Waals surface area contributed by atoms with Gasteiger partial charge in [0.05, 0.1) is 18.6 Å². The highest BCUT2D eigenvalue weighted by Gasteiger charge is 2.53. The molecule has 0 saturated carbocycles. The number of carbonyl (C=O) groups is 4. The maximum Gasteiger partial charge on any atom is 0.408 e. The van der Waals surface area contributed by atoms with Gasteiger partial charge < -0.3 is 29.9 Å². The molecule has 4 rings (SSSR count). The van der Waals surface area contributed by atoms with E-state index in [1.165, 1.54) is 0 Å². The van der Waals surface area contributed by atoms with Crippen LogP contribution in [0.15, 0.2) is 60.7 Å². The number of ether oxygens (including phenoxy) is 2. The molecule has 1 spiro atoms. The SMILES string of the molecule is CN1CC(c2ccccc2)C2(CCCN(C(=O)[C@@H](COCc3ccccc3)NC(=O)C(C)(C)NC(=O)OC(C)(C)C)CC2)C1=O. The summed E-state index contributed by atoms with van der Waals surface area (Å²) in [6, 6.07) is 18.7. The summed E-state index contributed by atoms with van der Waals surface area (Å²) in [4.78, 5) is 57.2. The number of carbonyl (C=O) groups excluding carboxylic acids is 4. The third-order valence-electron chi connectivity index (χ3n) is 8.67. The van der Waals surface area contributed by atoms with Crippen molar-refractivity contribution >= 4 is 23.8 Å². The van der Waals surface area contributed by atoms with Gasteiger partial charge in [-0.15, -0.1) is 0 Å². The Morgan fingerprint density at radius 3 is 2.24 bits per heavy atom. The lowest BCUT2D eigenvalue weighted by atomic mass is 9.69. The fourth-order valence-corrected chi connectivity index (χ4v) is 6.33. The van der Waals surface area contributed by atoms with Crippen molar-refractivity contribution in [3.63, 3.8) is 0 Å². The number of likely N-dealkylation sites (tertiary alicyclic amines) is 2. The fourth-order valence-electron chi connectivity index (χ4n) is 6.33. The van der Waals surface area contributed by atoms with Crippen LogP contribution in [0.25, 0.3) is 0 Å². The van der Waals surface area contributed by atoms with Crippen LogP contribution >= 0.6 is 0 Å². The Balaban J connectivity index is 1.50. The number of rotatable bonds is 9. The second-order valence-corrected chi connectivity index (χ2v) is 13.8. The molecule has 0 aliphatic carbocycles. The molecular formula is C35H48N4O6. The highest BCUT2D eigenvalue weighted by Crippen LogP contribution is 2.50. The van der Waals surface area contributed by atoms with Crippen molar-refractivity contribution in [3.8, 4) is 0 Å². The average Bonchev–Trinajstić information content (AvgIpc) is 3.11. The summed E-state index contributed by atoms with van der Waals surface area (Å²) in [6.45, 7) is 10.0. The van der Waals surface area contributed by atoms with Crippen LogP contribution in [-0.4, -0.2) is 84.1 Å². The van der Waals surface area contributed by atoms with Crippen LogP contribution in [0.2, 0.25) is 0 Å². The number of amides is 4. The van der Waals surface area contributed by atoms with Crippen molar-refractivity contribution in [2.24, 2.45) is 5.41 Å². The number of hydrogen-bond acceptors (Lipinski definition) is 6. The first kappa shape index (κ1) is 34.0. The van der Waals surface area contributed by atoms with Crippen molar-refractivity contribution in [2.45, 2.75) is 83.6 Å². The summed E-state index contributed by atoms with van der Waals surface area (Å²) in [6.07, 6.45) is 1.13. The van der Waals surface area contributed by atoms with Gasteiger partial charge in [-0.25, -0.2) is 4.79 Å². The van der Waals surface area contributed by atoms with Crippen LogP contribution in [0.3, 0.4) is 0 Å². The van der Waals surface area contributed by atoms with E-state index in [4.69, 9.17) is 9.47 Å². The lowest BCUT2D eigenvalue weighted by Gasteiger charge is -2.33. The number of benzene rings is 2. The zero-order valence-electron chi connectivity index (χ0n) is 27.4. The molecule has 244 valence electrons. The van der Waals surface area contributed by atoms with Crippen molar-refractivity contribution in [1.29, 1.82) is 0 Å².